The molecule has 1 aromatic carbocycles. The van der Waals surface area contributed by atoms with Crippen molar-refractivity contribution < 1.29 is 8.60 Å². The van der Waals surface area contributed by atoms with Crippen LogP contribution in [0.4, 0.5) is 10.1 Å². The Morgan fingerprint density at radius 2 is 2.11 bits per heavy atom. The molecule has 0 aliphatic heterocycles. The molecule has 18 heavy (non-hydrogen) atoms. The third kappa shape index (κ3) is 2.73. The summed E-state index contributed by atoms with van der Waals surface area (Å²) in [6.45, 7) is 1.95. The molecule has 1 unspecified atom stereocenters. The number of hydrogen-bond donors (Lipinski definition) is 1. The maximum Gasteiger partial charge on any atom is 0.147 e. The van der Waals surface area contributed by atoms with Gasteiger partial charge < -0.3 is 4.72 Å². The van der Waals surface area contributed by atoms with Crippen molar-refractivity contribution in [3.8, 4) is 11.1 Å². The van der Waals surface area contributed by atoms with Gasteiger partial charge in [0.25, 0.3) is 0 Å². The van der Waals surface area contributed by atoms with Crippen LogP contribution in [0.15, 0.2) is 36.7 Å². The van der Waals surface area contributed by atoms with Crippen LogP contribution in [0.2, 0.25) is 0 Å². The van der Waals surface area contributed by atoms with E-state index in [9.17, 15) is 8.60 Å². The summed E-state index contributed by atoms with van der Waals surface area (Å²) in [5.41, 5.74) is 2.91. The Morgan fingerprint density at radius 3 is 2.72 bits per heavy atom. The number of halogens is 1. The largest absolute Gasteiger partial charge is 0.303 e. The van der Waals surface area contributed by atoms with E-state index in [0.29, 0.717) is 0 Å². The Morgan fingerprint density at radius 1 is 1.33 bits per heavy atom. The van der Waals surface area contributed by atoms with E-state index in [-0.39, 0.29) is 5.69 Å². The number of hydrogen-bond acceptors (Lipinski definition) is 2. The smallest absolute Gasteiger partial charge is 0.147 e. The second-order valence-corrected chi connectivity index (χ2v) is 5.05. The van der Waals surface area contributed by atoms with E-state index >= 15 is 0 Å². The zero-order chi connectivity index (χ0) is 13.1. The molecule has 0 aliphatic rings. The molecule has 0 spiro atoms. The summed E-state index contributed by atoms with van der Waals surface area (Å²) in [4.78, 5) is 4.04. The Labute approximate surface area is 108 Å². The molecule has 0 radical (unpaired) electrons. The van der Waals surface area contributed by atoms with E-state index in [0.717, 1.165) is 16.7 Å². The molecular weight excluding hydrogens is 251 g/mol. The van der Waals surface area contributed by atoms with Crippen LogP contribution >= 0.6 is 0 Å². The number of aryl methyl sites for hydroxylation is 1. The molecule has 0 amide bonds. The summed E-state index contributed by atoms with van der Waals surface area (Å²) in [6, 6.07) is 6.65. The third-order valence-electron chi connectivity index (χ3n) is 2.57. The number of rotatable bonds is 3. The Kier molecular flexibility index (Phi) is 3.72. The molecule has 0 bridgehead atoms. The van der Waals surface area contributed by atoms with Crippen LogP contribution in [0.1, 0.15) is 5.56 Å². The molecule has 2 rings (SSSR count). The fourth-order valence-electron chi connectivity index (χ4n) is 1.69. The van der Waals surface area contributed by atoms with Crippen LogP contribution in [0.5, 0.6) is 0 Å². The highest BCUT2D eigenvalue weighted by molar-refractivity contribution is 7.85. The topological polar surface area (TPSA) is 42.0 Å². The minimum Gasteiger partial charge on any atom is -0.303 e. The zero-order valence-electron chi connectivity index (χ0n) is 10.1. The summed E-state index contributed by atoms with van der Waals surface area (Å²) < 4.78 is 27.4. The van der Waals surface area contributed by atoms with Gasteiger partial charge in [0.05, 0.1) is 5.69 Å². The maximum absolute atomic E-state index is 13.8. The molecule has 1 atom stereocenters. The van der Waals surface area contributed by atoms with Crippen LogP contribution in [-0.4, -0.2) is 15.4 Å². The number of aromatic nitrogens is 1. The van der Waals surface area contributed by atoms with Crippen molar-refractivity contribution in [3.05, 3.63) is 48.0 Å². The monoisotopic (exact) mass is 264 g/mol. The molecule has 0 saturated carbocycles. The normalized spacial score (nSPS) is 12.2. The number of nitrogens with one attached hydrogen (secondary N) is 1. The van der Waals surface area contributed by atoms with Gasteiger partial charge in [-0.3, -0.25) is 4.98 Å². The molecule has 1 heterocycles. The number of nitrogens with zero attached hydrogens (tertiary/aromatic N) is 1. The summed E-state index contributed by atoms with van der Waals surface area (Å²) in [6.07, 6.45) is 4.86. The van der Waals surface area contributed by atoms with Crippen LogP contribution in [0, 0.1) is 12.7 Å². The van der Waals surface area contributed by atoms with Gasteiger partial charge >= 0.3 is 0 Å². The standard InChI is InChI=1S/C13H13FN2OS/c1-9-5-6-15-8-11(9)10-3-4-13(12(14)7-10)16-18(2)17/h3-8,16H,1-2H3. The van der Waals surface area contributed by atoms with Gasteiger partial charge in [-0.1, -0.05) is 6.07 Å². The first-order chi connectivity index (χ1) is 8.58. The average Bonchev–Trinajstić information content (AvgIpc) is 2.32. The van der Waals surface area contributed by atoms with Crippen LogP contribution in [0.25, 0.3) is 11.1 Å². The first kappa shape index (κ1) is 12.7. The van der Waals surface area contributed by atoms with E-state index in [1.54, 1.807) is 24.5 Å². The molecule has 5 heteroatoms. The first-order valence-corrected chi connectivity index (χ1v) is 6.94. The predicted molar refractivity (Wildman–Crippen MR) is 72.1 cm³/mol. The van der Waals surface area contributed by atoms with Crippen molar-refractivity contribution in [2.24, 2.45) is 0 Å². The number of anilines is 1. The van der Waals surface area contributed by atoms with E-state index in [4.69, 9.17) is 0 Å². The lowest BCUT2D eigenvalue weighted by Crippen LogP contribution is -2.03. The van der Waals surface area contributed by atoms with Gasteiger partial charge in [-0.15, -0.1) is 0 Å². The Balaban J connectivity index is 2.40. The van der Waals surface area contributed by atoms with Crippen molar-refractivity contribution in [2.75, 3.05) is 11.0 Å². The van der Waals surface area contributed by atoms with Crippen molar-refractivity contribution in [3.63, 3.8) is 0 Å². The molecule has 0 aliphatic carbocycles. The highest BCUT2D eigenvalue weighted by atomic mass is 32.2. The van der Waals surface area contributed by atoms with Gasteiger partial charge in [0, 0.05) is 24.2 Å². The highest BCUT2D eigenvalue weighted by Crippen LogP contribution is 2.26. The van der Waals surface area contributed by atoms with E-state index in [1.807, 2.05) is 13.0 Å². The van der Waals surface area contributed by atoms with Gasteiger partial charge in [0.15, 0.2) is 0 Å². The Bertz CT molecular complexity index is 601. The molecular formula is C13H13FN2OS. The second-order valence-electron chi connectivity index (χ2n) is 3.94. The van der Waals surface area contributed by atoms with Crippen molar-refractivity contribution in [1.82, 2.24) is 4.98 Å². The fourth-order valence-corrected chi connectivity index (χ4v) is 2.16. The van der Waals surface area contributed by atoms with Crippen LogP contribution in [0.3, 0.4) is 0 Å². The fraction of sp³-hybridized carbons (Fsp3) is 0.154. The second kappa shape index (κ2) is 5.27. The van der Waals surface area contributed by atoms with Crippen molar-refractivity contribution in [2.45, 2.75) is 6.92 Å². The van der Waals surface area contributed by atoms with Gasteiger partial charge in [0.1, 0.15) is 16.8 Å². The quantitative estimate of drug-likeness (QED) is 0.926. The van der Waals surface area contributed by atoms with Gasteiger partial charge in [-0.25, -0.2) is 8.60 Å². The molecule has 94 valence electrons. The zero-order valence-corrected chi connectivity index (χ0v) is 10.9. The van der Waals surface area contributed by atoms with Crippen LogP contribution < -0.4 is 4.72 Å². The summed E-state index contributed by atoms with van der Waals surface area (Å²) in [5.74, 6) is -0.425. The minimum absolute atomic E-state index is 0.237. The molecule has 1 N–H and O–H groups in total. The molecule has 0 fully saturated rings. The van der Waals surface area contributed by atoms with E-state index in [2.05, 4.69) is 9.71 Å². The molecule has 1 aromatic heterocycles. The highest BCUT2D eigenvalue weighted by Gasteiger charge is 2.07. The summed E-state index contributed by atoms with van der Waals surface area (Å²) in [5, 5.41) is 0. The first-order valence-electron chi connectivity index (χ1n) is 5.38. The number of benzene rings is 1. The molecule has 3 nitrogen and oxygen atoms in total. The maximum atomic E-state index is 13.8. The van der Waals surface area contributed by atoms with E-state index < -0.39 is 16.8 Å². The van der Waals surface area contributed by atoms with Gasteiger partial charge in [-0.2, -0.15) is 0 Å². The lowest BCUT2D eigenvalue weighted by molar-refractivity contribution is 0.632. The lowest BCUT2D eigenvalue weighted by atomic mass is 10.0. The van der Waals surface area contributed by atoms with Gasteiger partial charge in [0.2, 0.25) is 0 Å². The van der Waals surface area contributed by atoms with Gasteiger partial charge in [-0.05, 0) is 36.2 Å². The average molecular weight is 264 g/mol. The molecule has 2 aromatic rings. The summed E-state index contributed by atoms with van der Waals surface area (Å²) >= 11 is 0. The SMILES string of the molecule is Cc1ccncc1-c1ccc(NS(C)=O)c(F)c1. The van der Waals surface area contributed by atoms with E-state index in [1.165, 1.54) is 12.3 Å². The van der Waals surface area contributed by atoms with Crippen molar-refractivity contribution in [1.29, 1.82) is 0 Å². The molecule has 0 saturated heterocycles. The van der Waals surface area contributed by atoms with Crippen LogP contribution in [-0.2, 0) is 11.0 Å². The Hall–Kier alpha value is -1.75. The third-order valence-corrected chi connectivity index (χ3v) is 3.08. The van der Waals surface area contributed by atoms with Crippen molar-refractivity contribution >= 4 is 16.7 Å². The lowest BCUT2D eigenvalue weighted by Gasteiger charge is -2.08. The predicted octanol–water partition coefficient (Wildman–Crippen LogP) is 2.90. The number of pyridine rings is 1. The minimum atomic E-state index is -1.28. The summed E-state index contributed by atoms with van der Waals surface area (Å²) in [7, 11) is -1.28.